The molecule has 18 heavy (non-hydrogen) atoms. The molecule has 1 amide bonds. The summed E-state index contributed by atoms with van der Waals surface area (Å²) in [5.41, 5.74) is 0. The molecule has 0 spiro atoms. The van der Waals surface area contributed by atoms with E-state index < -0.39 is 0 Å². The van der Waals surface area contributed by atoms with Gasteiger partial charge in [0.05, 0.1) is 12.6 Å². The van der Waals surface area contributed by atoms with E-state index in [-0.39, 0.29) is 18.1 Å². The zero-order valence-electron chi connectivity index (χ0n) is 11.5. The molecular weight excluding hydrogens is 232 g/mol. The zero-order valence-corrected chi connectivity index (χ0v) is 11.5. The zero-order chi connectivity index (χ0) is 13.4. The van der Waals surface area contributed by atoms with Crippen molar-refractivity contribution in [2.75, 3.05) is 33.4 Å². The van der Waals surface area contributed by atoms with Gasteiger partial charge in [0.15, 0.2) is 0 Å². The fraction of sp³-hybridized carbons (Fsp3) is 0.923. The molecule has 0 aromatic rings. The van der Waals surface area contributed by atoms with Gasteiger partial charge in [-0.2, -0.15) is 0 Å². The minimum absolute atomic E-state index is 0.0404. The van der Waals surface area contributed by atoms with Gasteiger partial charge in [0.25, 0.3) is 0 Å². The second-order valence-electron chi connectivity index (χ2n) is 4.97. The third kappa shape index (κ3) is 5.33. The topological polar surface area (TPSA) is 61.8 Å². The molecule has 1 rings (SSSR count). The van der Waals surface area contributed by atoms with Crippen molar-refractivity contribution in [1.29, 1.82) is 0 Å². The standard InChI is InChI=1S/C13H26N2O3/c1-11(16)12-6-3-4-8-15(12)10-13(17)14-7-5-9-18-2/h11-12,16H,3-10H2,1-2H3,(H,14,17). The first-order chi connectivity index (χ1) is 8.65. The smallest absolute Gasteiger partial charge is 0.234 e. The molecule has 5 heteroatoms. The monoisotopic (exact) mass is 258 g/mol. The van der Waals surface area contributed by atoms with Crippen molar-refractivity contribution in [1.82, 2.24) is 10.2 Å². The largest absolute Gasteiger partial charge is 0.392 e. The number of piperidine rings is 1. The molecule has 0 radical (unpaired) electrons. The summed E-state index contributed by atoms with van der Waals surface area (Å²) in [4.78, 5) is 13.9. The molecule has 1 aliphatic heterocycles. The molecule has 0 aromatic carbocycles. The molecule has 2 N–H and O–H groups in total. The van der Waals surface area contributed by atoms with Crippen molar-refractivity contribution in [2.24, 2.45) is 0 Å². The van der Waals surface area contributed by atoms with Crippen LogP contribution in [0.3, 0.4) is 0 Å². The quantitative estimate of drug-likeness (QED) is 0.648. The van der Waals surface area contributed by atoms with E-state index in [1.54, 1.807) is 14.0 Å². The van der Waals surface area contributed by atoms with Crippen molar-refractivity contribution >= 4 is 5.91 Å². The number of carbonyl (C=O) groups excluding carboxylic acids is 1. The van der Waals surface area contributed by atoms with Gasteiger partial charge in [-0.05, 0) is 32.7 Å². The maximum absolute atomic E-state index is 11.8. The van der Waals surface area contributed by atoms with Crippen LogP contribution in [0.1, 0.15) is 32.6 Å². The van der Waals surface area contributed by atoms with E-state index in [9.17, 15) is 9.90 Å². The van der Waals surface area contributed by atoms with Gasteiger partial charge in [-0.25, -0.2) is 0 Å². The van der Waals surface area contributed by atoms with E-state index >= 15 is 0 Å². The van der Waals surface area contributed by atoms with Crippen LogP contribution in [0.15, 0.2) is 0 Å². The summed E-state index contributed by atoms with van der Waals surface area (Å²) in [5, 5.41) is 12.6. The first-order valence-corrected chi connectivity index (χ1v) is 6.83. The number of rotatable bonds is 7. The minimum atomic E-state index is -0.369. The van der Waals surface area contributed by atoms with Crippen LogP contribution in [0.25, 0.3) is 0 Å². The molecule has 0 aliphatic carbocycles. The van der Waals surface area contributed by atoms with Crippen LogP contribution >= 0.6 is 0 Å². The minimum Gasteiger partial charge on any atom is -0.392 e. The molecule has 0 saturated carbocycles. The van der Waals surface area contributed by atoms with Crippen LogP contribution in [0.2, 0.25) is 0 Å². The van der Waals surface area contributed by atoms with Crippen molar-refractivity contribution in [3.05, 3.63) is 0 Å². The molecule has 2 atom stereocenters. The Balaban J connectivity index is 2.28. The third-order valence-corrected chi connectivity index (χ3v) is 3.42. The lowest BCUT2D eigenvalue weighted by Crippen LogP contribution is -2.49. The molecule has 2 unspecified atom stereocenters. The summed E-state index contributed by atoms with van der Waals surface area (Å²) < 4.78 is 4.93. The highest BCUT2D eigenvalue weighted by Gasteiger charge is 2.27. The predicted octanol–water partition coefficient (Wildman–Crippen LogP) is 0.374. The molecule has 1 aliphatic rings. The van der Waals surface area contributed by atoms with E-state index in [2.05, 4.69) is 10.2 Å². The van der Waals surface area contributed by atoms with E-state index in [1.165, 1.54) is 0 Å². The van der Waals surface area contributed by atoms with Gasteiger partial charge in [-0.1, -0.05) is 6.42 Å². The van der Waals surface area contributed by atoms with Gasteiger partial charge in [0, 0.05) is 26.3 Å². The number of methoxy groups -OCH3 is 1. The number of ether oxygens (including phenoxy) is 1. The van der Waals surface area contributed by atoms with Gasteiger partial charge >= 0.3 is 0 Å². The number of hydrogen-bond acceptors (Lipinski definition) is 4. The normalized spacial score (nSPS) is 22.7. The lowest BCUT2D eigenvalue weighted by atomic mass is 9.98. The number of carbonyl (C=O) groups is 1. The average molecular weight is 258 g/mol. The Morgan fingerprint density at radius 1 is 1.56 bits per heavy atom. The summed E-state index contributed by atoms with van der Waals surface area (Å²) in [6.45, 7) is 4.42. The lowest BCUT2D eigenvalue weighted by Gasteiger charge is -2.36. The molecule has 0 aromatic heterocycles. The van der Waals surface area contributed by atoms with E-state index in [0.29, 0.717) is 19.7 Å². The summed E-state index contributed by atoms with van der Waals surface area (Å²) in [7, 11) is 1.66. The number of aliphatic hydroxyl groups excluding tert-OH is 1. The fourth-order valence-electron chi connectivity index (χ4n) is 2.44. The number of nitrogens with zero attached hydrogens (tertiary/aromatic N) is 1. The molecule has 106 valence electrons. The molecule has 1 fully saturated rings. The van der Waals surface area contributed by atoms with Crippen LogP contribution in [-0.4, -0.2) is 61.4 Å². The van der Waals surface area contributed by atoms with Crippen molar-refractivity contribution in [2.45, 2.75) is 44.8 Å². The Morgan fingerprint density at radius 3 is 3.00 bits per heavy atom. The molecular formula is C13H26N2O3. The fourth-order valence-corrected chi connectivity index (χ4v) is 2.44. The van der Waals surface area contributed by atoms with Crippen LogP contribution < -0.4 is 5.32 Å². The summed E-state index contributed by atoms with van der Waals surface area (Å²) in [6, 6.07) is 0.128. The number of nitrogens with one attached hydrogen (secondary N) is 1. The maximum atomic E-state index is 11.8. The number of aliphatic hydroxyl groups is 1. The van der Waals surface area contributed by atoms with Crippen LogP contribution in [-0.2, 0) is 9.53 Å². The SMILES string of the molecule is COCCCNC(=O)CN1CCCCC1C(C)O. The third-order valence-electron chi connectivity index (χ3n) is 3.42. The number of hydrogen-bond donors (Lipinski definition) is 2. The Bertz CT molecular complexity index is 246. The maximum Gasteiger partial charge on any atom is 0.234 e. The Labute approximate surface area is 109 Å². The molecule has 5 nitrogen and oxygen atoms in total. The van der Waals surface area contributed by atoms with E-state index in [4.69, 9.17) is 4.74 Å². The highest BCUT2D eigenvalue weighted by atomic mass is 16.5. The van der Waals surface area contributed by atoms with Gasteiger partial charge in [-0.3, -0.25) is 9.69 Å². The molecule has 1 saturated heterocycles. The van der Waals surface area contributed by atoms with Crippen molar-refractivity contribution in [3.63, 3.8) is 0 Å². The van der Waals surface area contributed by atoms with Gasteiger partial charge in [-0.15, -0.1) is 0 Å². The molecule has 0 bridgehead atoms. The van der Waals surface area contributed by atoms with Gasteiger partial charge in [0.1, 0.15) is 0 Å². The van der Waals surface area contributed by atoms with Crippen molar-refractivity contribution in [3.8, 4) is 0 Å². The average Bonchev–Trinajstić information content (AvgIpc) is 2.35. The van der Waals surface area contributed by atoms with Crippen molar-refractivity contribution < 1.29 is 14.6 Å². The Hall–Kier alpha value is -0.650. The van der Waals surface area contributed by atoms with Crippen LogP contribution in [0, 0.1) is 0 Å². The summed E-state index contributed by atoms with van der Waals surface area (Å²) in [6.07, 6.45) is 3.70. The first-order valence-electron chi connectivity index (χ1n) is 6.83. The molecule has 1 heterocycles. The van der Waals surface area contributed by atoms with E-state index in [0.717, 1.165) is 32.2 Å². The van der Waals surface area contributed by atoms with E-state index in [1.807, 2.05) is 0 Å². The number of amides is 1. The van der Waals surface area contributed by atoms with Crippen LogP contribution in [0.4, 0.5) is 0 Å². The number of likely N-dealkylation sites (tertiary alicyclic amines) is 1. The van der Waals surface area contributed by atoms with Gasteiger partial charge < -0.3 is 15.2 Å². The Morgan fingerprint density at radius 2 is 2.33 bits per heavy atom. The second kappa shape index (κ2) is 8.45. The summed E-state index contributed by atoms with van der Waals surface area (Å²) in [5.74, 6) is 0.0404. The first kappa shape index (κ1) is 15.4. The lowest BCUT2D eigenvalue weighted by molar-refractivity contribution is -0.123. The second-order valence-corrected chi connectivity index (χ2v) is 4.97. The van der Waals surface area contributed by atoms with Gasteiger partial charge in [0.2, 0.25) is 5.91 Å². The Kier molecular flexibility index (Phi) is 7.23. The highest BCUT2D eigenvalue weighted by molar-refractivity contribution is 5.78. The van der Waals surface area contributed by atoms with Crippen LogP contribution in [0.5, 0.6) is 0 Å². The highest BCUT2D eigenvalue weighted by Crippen LogP contribution is 2.19. The predicted molar refractivity (Wildman–Crippen MR) is 70.4 cm³/mol. The summed E-state index contributed by atoms with van der Waals surface area (Å²) >= 11 is 0.